The highest BCUT2D eigenvalue weighted by molar-refractivity contribution is 5.29. The molecule has 1 fully saturated rings. The van der Waals surface area contributed by atoms with Gasteiger partial charge in [0.1, 0.15) is 0 Å². The molecule has 1 aliphatic rings. The fourth-order valence-electron chi connectivity index (χ4n) is 2.86. The third-order valence-electron chi connectivity index (χ3n) is 4.16. The van der Waals surface area contributed by atoms with Gasteiger partial charge in [0.15, 0.2) is 5.82 Å². The topological polar surface area (TPSA) is 77.0 Å². The van der Waals surface area contributed by atoms with Crippen LogP contribution in [-0.4, -0.2) is 32.5 Å². The highest BCUT2D eigenvalue weighted by Gasteiger charge is 2.29. The Morgan fingerprint density at radius 1 is 1.35 bits per heavy atom. The van der Waals surface area contributed by atoms with Crippen LogP contribution in [0.25, 0.3) is 0 Å². The van der Waals surface area contributed by atoms with Crippen LogP contribution in [0.1, 0.15) is 45.1 Å². The van der Waals surface area contributed by atoms with Crippen LogP contribution in [0.15, 0.2) is 21.5 Å². The van der Waals surface area contributed by atoms with E-state index in [0.29, 0.717) is 18.4 Å². The van der Waals surface area contributed by atoms with Gasteiger partial charge in [-0.15, -0.1) is 0 Å². The van der Waals surface area contributed by atoms with Crippen LogP contribution in [0.5, 0.6) is 0 Å². The van der Waals surface area contributed by atoms with Crippen molar-refractivity contribution in [1.29, 1.82) is 0 Å². The molecule has 23 heavy (non-hydrogen) atoms. The Kier molecular flexibility index (Phi) is 3.95. The lowest BCUT2D eigenvalue weighted by molar-refractivity contribution is 0.391. The minimum Gasteiger partial charge on any atom is -0.320 e. The standard InChI is InChI=1S/C16H23N5O2/c1-11-17-15(23-19-11)20-9-5-6-12(20)10-21-14(22)8-7-13(18-21)16(2,3)4/h7-8,12H,5-6,9-10H2,1-4H3. The summed E-state index contributed by atoms with van der Waals surface area (Å²) in [5.41, 5.74) is 0.746. The van der Waals surface area contributed by atoms with Gasteiger partial charge in [0.2, 0.25) is 0 Å². The van der Waals surface area contributed by atoms with Gasteiger partial charge in [-0.25, -0.2) is 4.68 Å². The summed E-state index contributed by atoms with van der Waals surface area (Å²) in [4.78, 5) is 18.5. The Morgan fingerprint density at radius 2 is 2.13 bits per heavy atom. The number of aromatic nitrogens is 4. The quantitative estimate of drug-likeness (QED) is 0.860. The molecule has 1 aliphatic heterocycles. The summed E-state index contributed by atoms with van der Waals surface area (Å²) in [6, 6.07) is 4.09. The predicted molar refractivity (Wildman–Crippen MR) is 86.6 cm³/mol. The zero-order valence-electron chi connectivity index (χ0n) is 14.1. The molecule has 124 valence electrons. The molecule has 0 radical (unpaired) electrons. The summed E-state index contributed by atoms with van der Waals surface area (Å²) in [5.74, 6) is 0.621. The molecule has 7 nitrogen and oxygen atoms in total. The molecule has 3 rings (SSSR count). The van der Waals surface area contributed by atoms with E-state index in [1.807, 2.05) is 6.07 Å². The number of rotatable bonds is 3. The van der Waals surface area contributed by atoms with Crippen LogP contribution in [0.4, 0.5) is 6.01 Å². The van der Waals surface area contributed by atoms with Gasteiger partial charge in [-0.1, -0.05) is 25.9 Å². The lowest BCUT2D eigenvalue weighted by Crippen LogP contribution is -2.38. The Morgan fingerprint density at radius 3 is 2.78 bits per heavy atom. The molecular formula is C16H23N5O2. The number of nitrogens with zero attached hydrogens (tertiary/aromatic N) is 5. The summed E-state index contributed by atoms with van der Waals surface area (Å²) in [7, 11) is 0. The van der Waals surface area contributed by atoms with Crippen LogP contribution < -0.4 is 10.5 Å². The molecule has 1 unspecified atom stereocenters. The second kappa shape index (κ2) is 5.79. The normalized spacial score (nSPS) is 18.6. The zero-order valence-corrected chi connectivity index (χ0v) is 14.1. The molecule has 7 heteroatoms. The van der Waals surface area contributed by atoms with E-state index in [0.717, 1.165) is 25.1 Å². The summed E-state index contributed by atoms with van der Waals surface area (Å²) in [5, 5.41) is 8.41. The van der Waals surface area contributed by atoms with Crippen molar-refractivity contribution in [2.45, 2.75) is 58.5 Å². The first-order valence-electron chi connectivity index (χ1n) is 8.00. The molecule has 1 atom stereocenters. The molecule has 0 aliphatic carbocycles. The Balaban J connectivity index is 1.85. The van der Waals surface area contributed by atoms with Gasteiger partial charge in [0.25, 0.3) is 5.56 Å². The zero-order chi connectivity index (χ0) is 16.6. The monoisotopic (exact) mass is 317 g/mol. The van der Waals surface area contributed by atoms with E-state index in [1.165, 1.54) is 0 Å². The highest BCUT2D eigenvalue weighted by atomic mass is 16.5. The SMILES string of the molecule is Cc1noc(N2CCCC2Cn2nc(C(C)(C)C)ccc2=O)n1. The fourth-order valence-corrected chi connectivity index (χ4v) is 2.86. The highest BCUT2D eigenvalue weighted by Crippen LogP contribution is 2.25. The van der Waals surface area contributed by atoms with Gasteiger partial charge in [-0.3, -0.25) is 4.79 Å². The molecule has 0 aromatic carbocycles. The van der Waals surface area contributed by atoms with Crippen LogP contribution in [0, 0.1) is 6.92 Å². The minimum absolute atomic E-state index is 0.0773. The maximum atomic E-state index is 12.2. The van der Waals surface area contributed by atoms with E-state index in [1.54, 1.807) is 17.7 Å². The molecule has 0 amide bonds. The molecule has 2 aromatic heterocycles. The van der Waals surface area contributed by atoms with Gasteiger partial charge in [0, 0.05) is 18.0 Å². The van der Waals surface area contributed by atoms with E-state index in [9.17, 15) is 4.79 Å². The third kappa shape index (κ3) is 3.28. The van der Waals surface area contributed by atoms with Crippen molar-refractivity contribution in [3.8, 4) is 0 Å². The first kappa shape index (κ1) is 15.7. The molecule has 2 aromatic rings. The van der Waals surface area contributed by atoms with Crippen LogP contribution in [0.3, 0.4) is 0 Å². The Bertz CT molecular complexity index is 743. The molecule has 0 bridgehead atoms. The predicted octanol–water partition coefficient (Wildman–Crippen LogP) is 1.90. The summed E-state index contributed by atoms with van der Waals surface area (Å²) < 4.78 is 6.84. The Hall–Kier alpha value is -2.18. The van der Waals surface area contributed by atoms with E-state index < -0.39 is 0 Å². The fraction of sp³-hybridized carbons (Fsp3) is 0.625. The summed E-state index contributed by atoms with van der Waals surface area (Å²) in [6.45, 7) is 9.47. The van der Waals surface area contributed by atoms with Crippen molar-refractivity contribution < 1.29 is 4.52 Å². The minimum atomic E-state index is -0.0889. The van der Waals surface area contributed by atoms with E-state index >= 15 is 0 Å². The average molecular weight is 317 g/mol. The average Bonchev–Trinajstić information content (AvgIpc) is 3.08. The number of anilines is 1. The maximum absolute atomic E-state index is 12.2. The van der Waals surface area contributed by atoms with E-state index in [4.69, 9.17) is 4.52 Å². The lowest BCUT2D eigenvalue weighted by Gasteiger charge is -2.24. The largest absolute Gasteiger partial charge is 0.324 e. The first-order valence-corrected chi connectivity index (χ1v) is 8.00. The maximum Gasteiger partial charge on any atom is 0.324 e. The molecule has 0 saturated carbocycles. The first-order chi connectivity index (χ1) is 10.8. The summed E-state index contributed by atoms with van der Waals surface area (Å²) >= 11 is 0. The summed E-state index contributed by atoms with van der Waals surface area (Å²) in [6.07, 6.45) is 2.02. The second-order valence-electron chi connectivity index (χ2n) is 7.10. The van der Waals surface area contributed by atoms with Gasteiger partial charge >= 0.3 is 6.01 Å². The Labute approximate surface area is 135 Å². The second-order valence-corrected chi connectivity index (χ2v) is 7.10. The molecule has 0 N–H and O–H groups in total. The number of hydrogen-bond acceptors (Lipinski definition) is 6. The smallest absolute Gasteiger partial charge is 0.320 e. The van der Waals surface area contributed by atoms with Gasteiger partial charge in [-0.2, -0.15) is 10.1 Å². The molecule has 3 heterocycles. The number of aryl methyl sites for hydroxylation is 1. The van der Waals surface area contributed by atoms with E-state index in [2.05, 4.69) is 40.9 Å². The van der Waals surface area contributed by atoms with Gasteiger partial charge < -0.3 is 9.42 Å². The third-order valence-corrected chi connectivity index (χ3v) is 4.16. The molecule has 0 spiro atoms. The van der Waals surface area contributed by atoms with Crippen molar-refractivity contribution >= 4 is 6.01 Å². The van der Waals surface area contributed by atoms with Crippen LogP contribution >= 0.6 is 0 Å². The van der Waals surface area contributed by atoms with Crippen molar-refractivity contribution in [3.63, 3.8) is 0 Å². The van der Waals surface area contributed by atoms with Crippen molar-refractivity contribution in [3.05, 3.63) is 34.0 Å². The van der Waals surface area contributed by atoms with Crippen LogP contribution in [-0.2, 0) is 12.0 Å². The van der Waals surface area contributed by atoms with Crippen molar-refractivity contribution in [2.24, 2.45) is 0 Å². The van der Waals surface area contributed by atoms with Gasteiger partial charge in [0.05, 0.1) is 18.3 Å². The van der Waals surface area contributed by atoms with Crippen molar-refractivity contribution in [1.82, 2.24) is 19.9 Å². The van der Waals surface area contributed by atoms with Gasteiger partial charge in [-0.05, 0) is 25.8 Å². The number of hydrogen-bond donors (Lipinski definition) is 0. The lowest BCUT2D eigenvalue weighted by atomic mass is 9.92. The van der Waals surface area contributed by atoms with Crippen molar-refractivity contribution in [2.75, 3.05) is 11.4 Å². The van der Waals surface area contributed by atoms with Crippen LogP contribution in [0.2, 0.25) is 0 Å². The molecular weight excluding hydrogens is 294 g/mol. The molecule has 1 saturated heterocycles. The van der Waals surface area contributed by atoms with E-state index in [-0.39, 0.29) is 17.0 Å².